The van der Waals surface area contributed by atoms with Crippen LogP contribution in [-0.2, 0) is 9.53 Å². The molecule has 0 spiro atoms. The van der Waals surface area contributed by atoms with E-state index in [1.54, 1.807) is 0 Å². The van der Waals surface area contributed by atoms with Crippen molar-refractivity contribution in [3.8, 4) is 0 Å². The maximum atomic E-state index is 11.5. The van der Waals surface area contributed by atoms with Crippen molar-refractivity contribution in [2.75, 3.05) is 6.61 Å². The van der Waals surface area contributed by atoms with Gasteiger partial charge in [0, 0.05) is 6.42 Å². The number of aliphatic hydroxyl groups is 1. The van der Waals surface area contributed by atoms with Crippen LogP contribution < -0.4 is 0 Å². The van der Waals surface area contributed by atoms with E-state index >= 15 is 0 Å². The van der Waals surface area contributed by atoms with Crippen LogP contribution in [0, 0.1) is 5.92 Å². The molecule has 0 saturated heterocycles. The number of unbranched alkanes of at least 4 members (excludes halogenated alkanes) is 10. The lowest BCUT2D eigenvalue weighted by Gasteiger charge is -2.11. The summed E-state index contributed by atoms with van der Waals surface area (Å²) in [5.41, 5.74) is 0. The van der Waals surface area contributed by atoms with Crippen molar-refractivity contribution < 1.29 is 14.6 Å². The highest BCUT2D eigenvalue weighted by Gasteiger charge is 2.07. The monoisotopic (exact) mass is 370 g/mol. The Morgan fingerprint density at radius 2 is 1.31 bits per heavy atom. The molecular formula is C23H46O3. The highest BCUT2D eigenvalue weighted by molar-refractivity contribution is 5.69. The molecule has 0 aromatic heterocycles. The molecule has 0 heterocycles. The fraction of sp³-hybridized carbons (Fsp3) is 0.957. The van der Waals surface area contributed by atoms with Gasteiger partial charge >= 0.3 is 5.97 Å². The van der Waals surface area contributed by atoms with Crippen LogP contribution in [0.15, 0.2) is 0 Å². The molecule has 2 atom stereocenters. The second-order valence-corrected chi connectivity index (χ2v) is 8.07. The lowest BCUT2D eigenvalue weighted by Crippen LogP contribution is -2.17. The molecule has 0 rings (SSSR count). The maximum Gasteiger partial charge on any atom is 0.305 e. The Morgan fingerprint density at radius 1 is 0.808 bits per heavy atom. The molecule has 26 heavy (non-hydrogen) atoms. The van der Waals surface area contributed by atoms with E-state index in [1.165, 1.54) is 77.0 Å². The largest absolute Gasteiger partial charge is 0.463 e. The molecule has 0 bridgehead atoms. The summed E-state index contributed by atoms with van der Waals surface area (Å²) in [6.07, 6.45) is 19.0. The Labute approximate surface area is 163 Å². The van der Waals surface area contributed by atoms with E-state index in [4.69, 9.17) is 4.74 Å². The summed E-state index contributed by atoms with van der Waals surface area (Å²) >= 11 is 0. The second kappa shape index (κ2) is 19.2. The summed E-state index contributed by atoms with van der Waals surface area (Å²) in [5.74, 6) is 0.718. The molecule has 0 aromatic rings. The number of hydrogen-bond donors (Lipinski definition) is 1. The molecule has 0 radical (unpaired) electrons. The van der Waals surface area contributed by atoms with E-state index < -0.39 is 6.10 Å². The average Bonchev–Trinajstić information content (AvgIpc) is 2.64. The smallest absolute Gasteiger partial charge is 0.305 e. The van der Waals surface area contributed by atoms with Gasteiger partial charge in [-0.25, -0.2) is 0 Å². The third kappa shape index (κ3) is 18.2. The van der Waals surface area contributed by atoms with Crippen molar-refractivity contribution >= 4 is 5.97 Å². The SMILES string of the molecule is CCCCCCCCC(C)CCCCCCCCC(=O)OCC(O)CC. The van der Waals surface area contributed by atoms with Gasteiger partial charge in [-0.15, -0.1) is 0 Å². The first-order valence-electron chi connectivity index (χ1n) is 11.4. The van der Waals surface area contributed by atoms with Gasteiger partial charge < -0.3 is 9.84 Å². The summed E-state index contributed by atoms with van der Waals surface area (Å²) in [6, 6.07) is 0. The first kappa shape index (κ1) is 25.4. The minimum atomic E-state index is -0.512. The number of rotatable bonds is 19. The zero-order valence-corrected chi connectivity index (χ0v) is 17.9. The molecule has 0 saturated carbocycles. The van der Waals surface area contributed by atoms with Crippen molar-refractivity contribution in [2.45, 2.75) is 130 Å². The number of hydrogen-bond acceptors (Lipinski definition) is 3. The minimum absolute atomic E-state index is 0.145. The normalized spacial score (nSPS) is 13.5. The van der Waals surface area contributed by atoms with Gasteiger partial charge in [0.25, 0.3) is 0 Å². The van der Waals surface area contributed by atoms with Crippen LogP contribution in [0.4, 0.5) is 0 Å². The van der Waals surface area contributed by atoms with Gasteiger partial charge in [0.05, 0.1) is 6.10 Å². The number of aliphatic hydroxyl groups excluding tert-OH is 1. The van der Waals surface area contributed by atoms with E-state index in [2.05, 4.69) is 13.8 Å². The van der Waals surface area contributed by atoms with Crippen LogP contribution >= 0.6 is 0 Å². The van der Waals surface area contributed by atoms with E-state index in [0.717, 1.165) is 18.8 Å². The van der Waals surface area contributed by atoms with Gasteiger partial charge in [-0.1, -0.05) is 104 Å². The highest BCUT2D eigenvalue weighted by atomic mass is 16.5. The summed E-state index contributed by atoms with van der Waals surface area (Å²) in [5, 5.41) is 9.35. The fourth-order valence-corrected chi connectivity index (χ4v) is 3.27. The van der Waals surface area contributed by atoms with Crippen molar-refractivity contribution in [1.82, 2.24) is 0 Å². The van der Waals surface area contributed by atoms with Gasteiger partial charge in [-0.3, -0.25) is 4.79 Å². The van der Waals surface area contributed by atoms with Crippen molar-refractivity contribution in [2.24, 2.45) is 5.92 Å². The number of esters is 1. The van der Waals surface area contributed by atoms with E-state index in [0.29, 0.717) is 12.8 Å². The minimum Gasteiger partial charge on any atom is -0.463 e. The molecule has 0 aliphatic rings. The van der Waals surface area contributed by atoms with Crippen LogP contribution in [0.25, 0.3) is 0 Å². The van der Waals surface area contributed by atoms with Gasteiger partial charge in [0.2, 0.25) is 0 Å². The summed E-state index contributed by atoms with van der Waals surface area (Å²) in [7, 11) is 0. The van der Waals surface area contributed by atoms with Gasteiger partial charge in [0.1, 0.15) is 6.61 Å². The Balaban J connectivity index is 3.28. The number of ether oxygens (including phenoxy) is 1. The molecule has 0 aliphatic carbocycles. The molecule has 2 unspecified atom stereocenters. The average molecular weight is 371 g/mol. The van der Waals surface area contributed by atoms with E-state index in [1.807, 2.05) is 6.92 Å². The number of carbonyl (C=O) groups is 1. The standard InChI is InChI=1S/C23H46O3/c1-4-6-7-8-11-14-17-21(3)18-15-12-9-10-13-16-19-23(25)26-20-22(24)5-2/h21-22,24H,4-20H2,1-3H3. The fourth-order valence-electron chi connectivity index (χ4n) is 3.27. The highest BCUT2D eigenvalue weighted by Crippen LogP contribution is 2.18. The lowest BCUT2D eigenvalue weighted by molar-refractivity contribution is -0.146. The summed E-state index contributed by atoms with van der Waals surface area (Å²) in [6.45, 7) is 6.71. The topological polar surface area (TPSA) is 46.5 Å². The lowest BCUT2D eigenvalue weighted by atomic mass is 9.96. The molecule has 3 nitrogen and oxygen atoms in total. The quantitative estimate of drug-likeness (QED) is 0.201. The molecule has 1 N–H and O–H groups in total. The predicted octanol–water partition coefficient (Wildman–Crippen LogP) is 6.81. The Bertz CT molecular complexity index is 304. The van der Waals surface area contributed by atoms with E-state index in [9.17, 15) is 9.90 Å². The van der Waals surface area contributed by atoms with Crippen LogP contribution in [0.2, 0.25) is 0 Å². The first-order valence-corrected chi connectivity index (χ1v) is 11.4. The molecule has 3 heteroatoms. The van der Waals surface area contributed by atoms with Crippen LogP contribution in [0.1, 0.15) is 124 Å². The second-order valence-electron chi connectivity index (χ2n) is 8.07. The van der Waals surface area contributed by atoms with E-state index in [-0.39, 0.29) is 12.6 Å². The third-order valence-corrected chi connectivity index (χ3v) is 5.29. The van der Waals surface area contributed by atoms with Crippen LogP contribution in [0.5, 0.6) is 0 Å². The summed E-state index contributed by atoms with van der Waals surface area (Å²) in [4.78, 5) is 11.5. The molecular weight excluding hydrogens is 324 g/mol. The van der Waals surface area contributed by atoms with Crippen molar-refractivity contribution in [3.63, 3.8) is 0 Å². The van der Waals surface area contributed by atoms with Crippen LogP contribution in [0.3, 0.4) is 0 Å². The predicted molar refractivity (Wildman–Crippen MR) is 111 cm³/mol. The molecule has 156 valence electrons. The molecule has 0 aliphatic heterocycles. The van der Waals surface area contributed by atoms with Crippen molar-refractivity contribution in [3.05, 3.63) is 0 Å². The maximum absolute atomic E-state index is 11.5. The van der Waals surface area contributed by atoms with Crippen molar-refractivity contribution in [1.29, 1.82) is 0 Å². The molecule has 0 fully saturated rings. The zero-order valence-electron chi connectivity index (χ0n) is 17.9. The van der Waals surface area contributed by atoms with Gasteiger partial charge in [-0.05, 0) is 18.8 Å². The Kier molecular flexibility index (Phi) is 18.8. The van der Waals surface area contributed by atoms with Crippen LogP contribution in [-0.4, -0.2) is 23.8 Å². The van der Waals surface area contributed by atoms with Gasteiger partial charge in [0.15, 0.2) is 0 Å². The zero-order chi connectivity index (χ0) is 19.5. The molecule has 0 aromatic carbocycles. The van der Waals surface area contributed by atoms with Gasteiger partial charge in [-0.2, -0.15) is 0 Å². The summed E-state index contributed by atoms with van der Waals surface area (Å²) < 4.78 is 5.04. The Hall–Kier alpha value is -0.570. The molecule has 0 amide bonds. The first-order chi connectivity index (χ1) is 12.6. The Morgan fingerprint density at radius 3 is 1.85 bits per heavy atom. The number of carbonyl (C=O) groups excluding carboxylic acids is 1. The third-order valence-electron chi connectivity index (χ3n) is 5.29.